The van der Waals surface area contributed by atoms with Crippen LogP contribution in [0.2, 0.25) is 0 Å². The summed E-state index contributed by atoms with van der Waals surface area (Å²) in [6, 6.07) is 12.6. The highest BCUT2D eigenvalue weighted by atomic mass is 16.5. The summed E-state index contributed by atoms with van der Waals surface area (Å²) < 4.78 is 15.9. The molecule has 1 amide bonds. The number of benzene rings is 2. The minimum Gasteiger partial charge on any atom is -0.507 e. The first-order chi connectivity index (χ1) is 15.4. The number of methoxy groups -OCH3 is 2. The second-order valence-electron chi connectivity index (χ2n) is 7.39. The van der Waals surface area contributed by atoms with Crippen molar-refractivity contribution in [3.05, 3.63) is 76.6 Å². The Morgan fingerprint density at radius 1 is 1.03 bits per heavy atom. The van der Waals surface area contributed by atoms with E-state index in [9.17, 15) is 14.7 Å². The Balaban J connectivity index is 1.97. The van der Waals surface area contributed by atoms with Crippen molar-refractivity contribution in [1.82, 2.24) is 5.16 Å². The number of aliphatic hydroxyl groups excluding tert-OH is 1. The molecule has 0 radical (unpaired) electrons. The smallest absolute Gasteiger partial charge is 0.301 e. The minimum absolute atomic E-state index is 0.0651. The second kappa shape index (κ2) is 8.22. The number of carbonyl (C=O) groups excluding carboxylic acids is 2. The van der Waals surface area contributed by atoms with Crippen LogP contribution in [0.25, 0.3) is 5.76 Å². The van der Waals surface area contributed by atoms with Crippen LogP contribution >= 0.6 is 0 Å². The Bertz CT molecular complexity index is 1240. The molecule has 1 aliphatic heterocycles. The van der Waals surface area contributed by atoms with Crippen LogP contribution in [0, 0.1) is 13.8 Å². The van der Waals surface area contributed by atoms with Crippen LogP contribution in [0.5, 0.6) is 11.5 Å². The molecule has 0 spiro atoms. The molecule has 2 heterocycles. The third kappa shape index (κ3) is 3.39. The van der Waals surface area contributed by atoms with Crippen molar-refractivity contribution in [1.29, 1.82) is 0 Å². The van der Waals surface area contributed by atoms with Gasteiger partial charge in [-0.05, 0) is 43.7 Å². The van der Waals surface area contributed by atoms with Gasteiger partial charge in [-0.3, -0.25) is 14.5 Å². The van der Waals surface area contributed by atoms with E-state index < -0.39 is 17.7 Å². The van der Waals surface area contributed by atoms with E-state index in [1.54, 1.807) is 62.6 Å². The summed E-state index contributed by atoms with van der Waals surface area (Å²) in [5.41, 5.74) is 1.62. The third-order valence-corrected chi connectivity index (χ3v) is 5.41. The molecule has 1 aliphatic rings. The van der Waals surface area contributed by atoms with Gasteiger partial charge in [-0.25, -0.2) is 0 Å². The molecule has 4 rings (SSSR count). The molecular formula is C24H22N2O6. The van der Waals surface area contributed by atoms with Gasteiger partial charge in [0.25, 0.3) is 5.78 Å². The molecule has 1 atom stereocenters. The number of ether oxygens (including phenoxy) is 2. The number of anilines is 1. The fourth-order valence-electron chi connectivity index (χ4n) is 3.90. The summed E-state index contributed by atoms with van der Waals surface area (Å²) in [5, 5.41) is 15.1. The summed E-state index contributed by atoms with van der Waals surface area (Å²) >= 11 is 0. The van der Waals surface area contributed by atoms with Crippen molar-refractivity contribution >= 4 is 23.3 Å². The van der Waals surface area contributed by atoms with Crippen LogP contribution in [0.1, 0.15) is 28.5 Å². The van der Waals surface area contributed by atoms with Crippen molar-refractivity contribution in [2.45, 2.75) is 19.9 Å². The molecule has 1 fully saturated rings. The summed E-state index contributed by atoms with van der Waals surface area (Å²) in [5.74, 6) is -0.194. The maximum absolute atomic E-state index is 13.2. The van der Waals surface area contributed by atoms with E-state index in [1.165, 1.54) is 12.0 Å². The molecule has 8 heteroatoms. The van der Waals surface area contributed by atoms with Crippen molar-refractivity contribution in [2.75, 3.05) is 19.1 Å². The Morgan fingerprint density at radius 2 is 1.75 bits per heavy atom. The van der Waals surface area contributed by atoms with Gasteiger partial charge in [-0.1, -0.05) is 23.4 Å². The largest absolute Gasteiger partial charge is 0.507 e. The van der Waals surface area contributed by atoms with E-state index in [2.05, 4.69) is 5.16 Å². The van der Waals surface area contributed by atoms with Gasteiger partial charge in [-0.15, -0.1) is 0 Å². The Kier molecular flexibility index (Phi) is 5.44. The van der Waals surface area contributed by atoms with Gasteiger partial charge in [0.1, 0.15) is 29.1 Å². The number of carbonyl (C=O) groups is 2. The predicted molar refractivity (Wildman–Crippen MR) is 117 cm³/mol. The highest BCUT2D eigenvalue weighted by Gasteiger charge is 2.49. The zero-order chi connectivity index (χ0) is 23.0. The van der Waals surface area contributed by atoms with Crippen LogP contribution in [0.4, 0.5) is 5.82 Å². The Labute approximate surface area is 184 Å². The van der Waals surface area contributed by atoms with Gasteiger partial charge < -0.3 is 19.1 Å². The third-order valence-electron chi connectivity index (χ3n) is 5.41. The molecular weight excluding hydrogens is 412 g/mol. The molecule has 0 saturated carbocycles. The Morgan fingerprint density at radius 3 is 2.38 bits per heavy atom. The van der Waals surface area contributed by atoms with Gasteiger partial charge in [0, 0.05) is 17.2 Å². The summed E-state index contributed by atoms with van der Waals surface area (Å²) in [6.07, 6.45) is 0. The highest BCUT2D eigenvalue weighted by molar-refractivity contribution is 6.51. The number of aromatic nitrogens is 1. The molecule has 8 nitrogen and oxygen atoms in total. The zero-order valence-electron chi connectivity index (χ0n) is 18.1. The lowest BCUT2D eigenvalue weighted by Gasteiger charge is -2.24. The van der Waals surface area contributed by atoms with E-state index in [0.29, 0.717) is 28.4 Å². The van der Waals surface area contributed by atoms with E-state index in [1.807, 2.05) is 6.92 Å². The van der Waals surface area contributed by atoms with Crippen molar-refractivity contribution in [3.63, 3.8) is 0 Å². The lowest BCUT2D eigenvalue weighted by molar-refractivity contribution is -0.132. The van der Waals surface area contributed by atoms with E-state index >= 15 is 0 Å². The first kappa shape index (κ1) is 21.2. The number of amides is 1. The van der Waals surface area contributed by atoms with Crippen LogP contribution in [0.3, 0.4) is 0 Å². The summed E-state index contributed by atoms with van der Waals surface area (Å²) in [7, 11) is 3.05. The molecule has 1 N–H and O–H groups in total. The molecule has 1 saturated heterocycles. The standard InChI is InChI=1S/C24H22N2O6/c1-13-11-15(9-10-17(13)30-3)22(27)20-21(16-7-5-6-8-18(16)31-4)26(24(29)23(20)28)19-12-14(2)32-25-19/h5-12,21,27H,1-4H3. The number of nitrogens with zero attached hydrogens (tertiary/aromatic N) is 2. The van der Waals surface area contributed by atoms with Crippen LogP contribution < -0.4 is 14.4 Å². The van der Waals surface area contributed by atoms with Gasteiger partial charge in [0.05, 0.1) is 19.8 Å². The first-order valence-corrected chi connectivity index (χ1v) is 9.89. The monoisotopic (exact) mass is 434 g/mol. The number of aliphatic hydroxyl groups is 1. The number of rotatable bonds is 5. The SMILES string of the molecule is COc1ccc(C(O)=C2C(=O)C(=O)N(c3cc(C)on3)C2c2ccccc2OC)cc1C. The molecule has 0 bridgehead atoms. The van der Waals surface area contributed by atoms with Gasteiger partial charge in [0.15, 0.2) is 5.82 Å². The number of hydrogen-bond acceptors (Lipinski definition) is 7. The fraction of sp³-hybridized carbons (Fsp3) is 0.208. The van der Waals surface area contributed by atoms with Crippen LogP contribution in [-0.2, 0) is 9.59 Å². The van der Waals surface area contributed by atoms with Gasteiger partial charge in [0.2, 0.25) is 0 Å². The van der Waals surface area contributed by atoms with Gasteiger partial charge >= 0.3 is 5.91 Å². The van der Waals surface area contributed by atoms with Crippen molar-refractivity contribution < 1.29 is 28.7 Å². The number of ketones is 1. The van der Waals surface area contributed by atoms with Crippen LogP contribution in [0.15, 0.2) is 58.6 Å². The number of Topliss-reactive ketones (excluding diaryl/α,β-unsaturated/α-hetero) is 1. The van der Waals surface area contributed by atoms with Gasteiger partial charge in [-0.2, -0.15) is 0 Å². The van der Waals surface area contributed by atoms with Crippen LogP contribution in [-0.4, -0.2) is 36.2 Å². The number of para-hydroxylation sites is 1. The molecule has 2 aromatic carbocycles. The minimum atomic E-state index is -0.960. The maximum atomic E-state index is 13.2. The van der Waals surface area contributed by atoms with E-state index in [0.717, 1.165) is 5.56 Å². The normalized spacial score (nSPS) is 17.6. The zero-order valence-corrected chi connectivity index (χ0v) is 18.1. The molecule has 1 aromatic heterocycles. The molecule has 3 aromatic rings. The maximum Gasteiger partial charge on any atom is 0.301 e. The Hall–Kier alpha value is -4.07. The molecule has 0 aliphatic carbocycles. The number of aryl methyl sites for hydroxylation is 2. The summed E-state index contributed by atoms with van der Waals surface area (Å²) in [6.45, 7) is 3.51. The molecule has 1 unspecified atom stereocenters. The quantitative estimate of drug-likeness (QED) is 0.369. The summed E-state index contributed by atoms with van der Waals surface area (Å²) in [4.78, 5) is 27.5. The predicted octanol–water partition coefficient (Wildman–Crippen LogP) is 3.93. The number of hydrogen-bond donors (Lipinski definition) is 1. The fourth-order valence-corrected chi connectivity index (χ4v) is 3.90. The molecule has 164 valence electrons. The molecule has 32 heavy (non-hydrogen) atoms. The van der Waals surface area contributed by atoms with Crippen molar-refractivity contribution in [3.8, 4) is 11.5 Å². The first-order valence-electron chi connectivity index (χ1n) is 9.89. The topological polar surface area (TPSA) is 102 Å². The lowest BCUT2D eigenvalue weighted by atomic mass is 9.94. The van der Waals surface area contributed by atoms with E-state index in [4.69, 9.17) is 14.0 Å². The average molecular weight is 434 g/mol. The highest BCUT2D eigenvalue weighted by Crippen LogP contribution is 2.44. The van der Waals surface area contributed by atoms with E-state index in [-0.39, 0.29) is 17.2 Å². The van der Waals surface area contributed by atoms with Crippen molar-refractivity contribution in [2.24, 2.45) is 0 Å². The lowest BCUT2D eigenvalue weighted by Crippen LogP contribution is -2.29. The second-order valence-corrected chi connectivity index (χ2v) is 7.39. The average Bonchev–Trinajstić information content (AvgIpc) is 3.33.